The van der Waals surface area contributed by atoms with Gasteiger partial charge in [-0.15, -0.1) is 48.1 Å². The molecule has 0 radical (unpaired) electrons. The van der Waals surface area contributed by atoms with Crippen molar-refractivity contribution in [1.29, 1.82) is 0 Å². The Kier molecular flexibility index (Phi) is 8.32. The Hall–Kier alpha value is -4.93. The van der Waals surface area contributed by atoms with Gasteiger partial charge in [-0.3, -0.25) is 4.98 Å². The molecule has 4 heterocycles. The van der Waals surface area contributed by atoms with Crippen molar-refractivity contribution >= 4 is 44.6 Å². The maximum absolute atomic E-state index is 6.49. The molecule has 0 saturated carbocycles. The summed E-state index contributed by atoms with van der Waals surface area (Å²) < 4.78 is 8.67. The normalized spacial score (nSPS) is 12.8. The third-order valence-electron chi connectivity index (χ3n) is 9.03. The van der Waals surface area contributed by atoms with Crippen LogP contribution >= 0.6 is 0 Å². The predicted octanol–water partition coefficient (Wildman–Crippen LogP) is 10.6. The van der Waals surface area contributed by atoms with Gasteiger partial charge in [0.1, 0.15) is 5.82 Å². The summed E-state index contributed by atoms with van der Waals surface area (Å²) in [6.07, 6.45) is 5.63. The Labute approximate surface area is 302 Å². The summed E-state index contributed by atoms with van der Waals surface area (Å²) >= 11 is 0. The van der Waals surface area contributed by atoms with Crippen molar-refractivity contribution < 1.29 is 25.8 Å². The number of aryl methyl sites for hydroxylation is 3. The largest absolute Gasteiger partial charge is 0.509 e. The number of anilines is 4. The number of para-hydroxylation sites is 1. The molecule has 49 heavy (non-hydrogen) atoms. The molecular weight excluding hydrogens is 786 g/mol. The number of aromatic nitrogens is 3. The van der Waals surface area contributed by atoms with Crippen LogP contribution in [0.4, 0.5) is 22.7 Å². The SMILES string of the molecule is Cc1cc(C)c(N2[CH-]N(c3[c-]c(Oc4[c-]c5c(cc4)c4ccccc4n5-c4cc(C(C)(C)C)ccn4)ccc3)c3cnccc32)c(C)c1.[Pt]. The number of fused-ring (bicyclic) bond motifs is 4. The minimum atomic E-state index is -0.00649. The van der Waals surface area contributed by atoms with E-state index in [1.54, 1.807) is 0 Å². The van der Waals surface area contributed by atoms with Gasteiger partial charge in [0.2, 0.25) is 0 Å². The molecule has 0 N–H and O–H groups in total. The quantitative estimate of drug-likeness (QED) is 0.162. The molecule has 0 fully saturated rings. The van der Waals surface area contributed by atoms with E-state index in [1.165, 1.54) is 27.9 Å². The number of pyridine rings is 2. The fourth-order valence-electron chi connectivity index (χ4n) is 6.86. The number of rotatable bonds is 5. The van der Waals surface area contributed by atoms with Gasteiger partial charge < -0.3 is 19.1 Å². The molecule has 6 nitrogen and oxygen atoms in total. The van der Waals surface area contributed by atoms with E-state index in [1.807, 2.05) is 42.9 Å². The Morgan fingerprint density at radius 2 is 1.51 bits per heavy atom. The van der Waals surface area contributed by atoms with Crippen molar-refractivity contribution in [2.75, 3.05) is 9.80 Å². The van der Waals surface area contributed by atoms with Crippen LogP contribution in [-0.4, -0.2) is 14.5 Å². The van der Waals surface area contributed by atoms with Gasteiger partial charge in [-0.1, -0.05) is 62.2 Å². The van der Waals surface area contributed by atoms with Gasteiger partial charge in [0, 0.05) is 68.0 Å². The number of nitrogens with zero attached hydrogens (tertiary/aromatic N) is 5. The summed E-state index contributed by atoms with van der Waals surface area (Å²) in [5.74, 6) is 2.06. The molecule has 4 aromatic carbocycles. The van der Waals surface area contributed by atoms with E-state index < -0.39 is 0 Å². The van der Waals surface area contributed by atoms with Crippen LogP contribution in [0.5, 0.6) is 11.5 Å². The summed E-state index contributed by atoms with van der Waals surface area (Å²) in [4.78, 5) is 13.6. The van der Waals surface area contributed by atoms with Crippen LogP contribution in [0.2, 0.25) is 0 Å². The number of hydrogen-bond acceptors (Lipinski definition) is 5. The minimum Gasteiger partial charge on any atom is -0.509 e. The molecule has 0 spiro atoms. The molecule has 0 amide bonds. The van der Waals surface area contributed by atoms with Crippen molar-refractivity contribution in [2.45, 2.75) is 47.0 Å². The van der Waals surface area contributed by atoms with Gasteiger partial charge in [0.15, 0.2) is 0 Å². The van der Waals surface area contributed by atoms with Crippen LogP contribution in [-0.2, 0) is 26.5 Å². The summed E-state index contributed by atoms with van der Waals surface area (Å²) in [6.45, 7) is 15.2. The maximum atomic E-state index is 6.49. The van der Waals surface area contributed by atoms with Crippen LogP contribution in [0.1, 0.15) is 43.0 Å². The second kappa shape index (κ2) is 12.5. The van der Waals surface area contributed by atoms with Crippen LogP contribution in [0, 0.1) is 39.6 Å². The summed E-state index contributed by atoms with van der Waals surface area (Å²) in [6, 6.07) is 36.3. The van der Waals surface area contributed by atoms with E-state index >= 15 is 0 Å². The smallest absolute Gasteiger partial charge is 0.135 e. The second-order valence-electron chi connectivity index (χ2n) is 13.6. The summed E-state index contributed by atoms with van der Waals surface area (Å²) in [7, 11) is 0. The van der Waals surface area contributed by atoms with Gasteiger partial charge in [-0.2, -0.15) is 12.1 Å². The zero-order valence-electron chi connectivity index (χ0n) is 28.4. The average molecular weight is 822 g/mol. The molecule has 7 heteroatoms. The molecule has 0 bridgehead atoms. The third kappa shape index (κ3) is 5.78. The second-order valence-corrected chi connectivity index (χ2v) is 13.6. The van der Waals surface area contributed by atoms with E-state index in [0.717, 1.165) is 44.7 Å². The van der Waals surface area contributed by atoms with Crippen LogP contribution < -0.4 is 14.5 Å². The molecular formula is C42H36N5OPt-3. The van der Waals surface area contributed by atoms with Gasteiger partial charge >= 0.3 is 0 Å². The van der Waals surface area contributed by atoms with Gasteiger partial charge in [0.25, 0.3) is 0 Å². The first-order valence-electron chi connectivity index (χ1n) is 16.2. The zero-order valence-corrected chi connectivity index (χ0v) is 30.6. The topological polar surface area (TPSA) is 46.4 Å². The number of hydrogen-bond donors (Lipinski definition) is 0. The molecule has 0 unspecified atom stereocenters. The first kappa shape index (κ1) is 32.6. The van der Waals surface area contributed by atoms with Crippen molar-refractivity contribution in [3.8, 4) is 17.3 Å². The van der Waals surface area contributed by atoms with E-state index in [2.05, 4.69) is 140 Å². The standard InChI is InChI=1S/C42H36N5O.Pt/c1-27-20-28(2)41(29(3)21-27)46-26-45(39-25-43-18-17-37(39)46)31-10-9-11-32(23-31)48-33-14-15-35-34-12-7-8-13-36(34)47(38(35)24-33)40-22-30(16-19-44-40)42(4,5)6;/h7-22,25-26H,1-6H3;/q-3;. The van der Waals surface area contributed by atoms with Crippen LogP contribution in [0.25, 0.3) is 27.6 Å². The molecule has 248 valence electrons. The molecule has 1 aliphatic rings. The van der Waals surface area contributed by atoms with Crippen molar-refractivity contribution in [1.82, 2.24) is 14.5 Å². The summed E-state index contributed by atoms with van der Waals surface area (Å²) in [5.41, 5.74) is 11.0. The number of ether oxygens (including phenoxy) is 1. The maximum Gasteiger partial charge on any atom is 0.135 e. The van der Waals surface area contributed by atoms with Gasteiger partial charge in [-0.05, 0) is 72.5 Å². The van der Waals surface area contributed by atoms with E-state index in [4.69, 9.17) is 9.72 Å². The predicted molar refractivity (Wildman–Crippen MR) is 195 cm³/mol. The zero-order chi connectivity index (χ0) is 33.2. The van der Waals surface area contributed by atoms with E-state index in [-0.39, 0.29) is 26.5 Å². The Balaban J connectivity index is 0.00000378. The molecule has 7 aromatic rings. The molecule has 0 saturated heterocycles. The Morgan fingerprint density at radius 1 is 0.735 bits per heavy atom. The van der Waals surface area contributed by atoms with Crippen LogP contribution in [0.15, 0.2) is 104 Å². The first-order valence-corrected chi connectivity index (χ1v) is 16.2. The fourth-order valence-corrected chi connectivity index (χ4v) is 6.86. The van der Waals surface area contributed by atoms with Crippen LogP contribution in [0.3, 0.4) is 0 Å². The van der Waals surface area contributed by atoms with E-state index in [9.17, 15) is 0 Å². The number of benzene rings is 4. The van der Waals surface area contributed by atoms with Crippen molar-refractivity contribution in [3.63, 3.8) is 0 Å². The van der Waals surface area contributed by atoms with E-state index in [0.29, 0.717) is 11.5 Å². The molecule has 0 aliphatic carbocycles. The molecule has 1 aliphatic heterocycles. The summed E-state index contributed by atoms with van der Waals surface area (Å²) in [5, 5.41) is 2.24. The Bertz CT molecular complexity index is 2330. The fraction of sp³-hybridized carbons (Fsp3) is 0.167. The molecule has 8 rings (SSSR count). The Morgan fingerprint density at radius 3 is 2.31 bits per heavy atom. The van der Waals surface area contributed by atoms with Gasteiger partial charge in [0.05, 0.1) is 5.69 Å². The monoisotopic (exact) mass is 821 g/mol. The molecule has 3 aromatic heterocycles. The van der Waals surface area contributed by atoms with Crippen molar-refractivity contribution in [3.05, 3.63) is 145 Å². The van der Waals surface area contributed by atoms with Gasteiger partial charge in [-0.25, -0.2) is 4.98 Å². The molecule has 0 atom stereocenters. The first-order chi connectivity index (χ1) is 23.2. The third-order valence-corrected chi connectivity index (χ3v) is 9.03. The van der Waals surface area contributed by atoms with Crippen molar-refractivity contribution in [2.24, 2.45) is 0 Å². The minimum absolute atomic E-state index is 0. The average Bonchev–Trinajstić information content (AvgIpc) is 3.60.